The van der Waals surface area contributed by atoms with E-state index in [0.717, 1.165) is 12.2 Å². The highest BCUT2D eigenvalue weighted by Crippen LogP contribution is 2.28. The zero-order valence-electron chi connectivity index (χ0n) is 11.9. The van der Waals surface area contributed by atoms with Crippen molar-refractivity contribution < 1.29 is 9.47 Å². The minimum atomic E-state index is 0.571. The second kappa shape index (κ2) is 9.27. The second-order valence-corrected chi connectivity index (χ2v) is 4.47. The fraction of sp³-hybridized carbons (Fsp3) is 0.562. The molecule has 0 unspecified atom stereocenters. The molecular formula is C16H23NO2. The van der Waals surface area contributed by atoms with Crippen molar-refractivity contribution in [3.05, 3.63) is 23.8 Å². The van der Waals surface area contributed by atoms with Crippen molar-refractivity contribution in [2.75, 3.05) is 13.2 Å². The van der Waals surface area contributed by atoms with Gasteiger partial charge in [0.25, 0.3) is 0 Å². The lowest BCUT2D eigenvalue weighted by Crippen LogP contribution is -2.01. The first-order chi connectivity index (χ1) is 9.31. The molecule has 0 fully saturated rings. The van der Waals surface area contributed by atoms with Crippen LogP contribution in [0.5, 0.6) is 11.5 Å². The summed E-state index contributed by atoms with van der Waals surface area (Å²) in [5.74, 6) is 1.39. The van der Waals surface area contributed by atoms with Gasteiger partial charge in [-0.25, -0.2) is 0 Å². The number of ether oxygens (including phenoxy) is 2. The molecule has 0 aliphatic rings. The molecule has 0 aromatic heterocycles. The molecule has 0 aliphatic heterocycles. The van der Waals surface area contributed by atoms with E-state index in [2.05, 4.69) is 13.0 Å². The first-order valence-corrected chi connectivity index (χ1v) is 7.11. The Morgan fingerprint density at radius 1 is 1.00 bits per heavy atom. The highest BCUT2D eigenvalue weighted by molar-refractivity contribution is 5.46. The van der Waals surface area contributed by atoms with Crippen LogP contribution in [0.3, 0.4) is 0 Å². The molecule has 0 radical (unpaired) electrons. The van der Waals surface area contributed by atoms with Gasteiger partial charge in [-0.15, -0.1) is 0 Å². The third kappa shape index (κ3) is 5.65. The third-order valence-corrected chi connectivity index (χ3v) is 2.88. The molecule has 0 bridgehead atoms. The predicted octanol–water partition coefficient (Wildman–Crippen LogP) is 4.31. The summed E-state index contributed by atoms with van der Waals surface area (Å²) >= 11 is 0. The average Bonchev–Trinajstić information content (AvgIpc) is 2.44. The van der Waals surface area contributed by atoms with E-state index in [1.807, 2.05) is 13.0 Å². The summed E-state index contributed by atoms with van der Waals surface area (Å²) in [4.78, 5) is 0. The number of unbranched alkanes of at least 4 members (excludes halogenated alkanes) is 4. The minimum absolute atomic E-state index is 0.571. The van der Waals surface area contributed by atoms with Crippen molar-refractivity contribution in [2.45, 2.75) is 46.0 Å². The van der Waals surface area contributed by atoms with Crippen LogP contribution in [0, 0.1) is 11.3 Å². The van der Waals surface area contributed by atoms with Crippen molar-refractivity contribution in [1.29, 1.82) is 5.26 Å². The van der Waals surface area contributed by atoms with Crippen molar-refractivity contribution in [3.8, 4) is 17.6 Å². The van der Waals surface area contributed by atoms with E-state index in [-0.39, 0.29) is 0 Å². The van der Waals surface area contributed by atoms with E-state index >= 15 is 0 Å². The van der Waals surface area contributed by atoms with Crippen molar-refractivity contribution in [1.82, 2.24) is 0 Å². The smallest absolute Gasteiger partial charge is 0.162 e. The van der Waals surface area contributed by atoms with E-state index < -0.39 is 0 Å². The van der Waals surface area contributed by atoms with E-state index in [9.17, 15) is 0 Å². The second-order valence-electron chi connectivity index (χ2n) is 4.47. The van der Waals surface area contributed by atoms with Gasteiger partial charge in [-0.1, -0.05) is 32.6 Å². The van der Waals surface area contributed by atoms with Crippen LogP contribution in [0.1, 0.15) is 51.5 Å². The Kier molecular flexibility index (Phi) is 7.50. The third-order valence-electron chi connectivity index (χ3n) is 2.88. The average molecular weight is 261 g/mol. The van der Waals surface area contributed by atoms with E-state index in [4.69, 9.17) is 14.7 Å². The van der Waals surface area contributed by atoms with Gasteiger partial charge in [-0.3, -0.25) is 0 Å². The normalized spacial score (nSPS) is 9.95. The number of hydrogen-bond acceptors (Lipinski definition) is 3. The largest absolute Gasteiger partial charge is 0.490 e. The minimum Gasteiger partial charge on any atom is -0.490 e. The van der Waals surface area contributed by atoms with Crippen LogP contribution < -0.4 is 9.47 Å². The summed E-state index contributed by atoms with van der Waals surface area (Å²) in [6.45, 7) is 5.41. The van der Waals surface area contributed by atoms with Gasteiger partial charge >= 0.3 is 0 Å². The van der Waals surface area contributed by atoms with Crippen LogP contribution in [0.25, 0.3) is 0 Å². The van der Waals surface area contributed by atoms with E-state index in [1.165, 1.54) is 25.7 Å². The highest BCUT2D eigenvalue weighted by Gasteiger charge is 2.06. The summed E-state index contributed by atoms with van der Waals surface area (Å²) in [5, 5.41) is 8.87. The van der Waals surface area contributed by atoms with Crippen LogP contribution in [0.15, 0.2) is 18.2 Å². The molecule has 1 aromatic rings. The quantitative estimate of drug-likeness (QED) is 0.622. The number of nitrogens with zero attached hydrogens (tertiary/aromatic N) is 1. The van der Waals surface area contributed by atoms with Crippen molar-refractivity contribution in [3.63, 3.8) is 0 Å². The van der Waals surface area contributed by atoms with Crippen molar-refractivity contribution in [2.24, 2.45) is 0 Å². The Hall–Kier alpha value is -1.69. The summed E-state index contributed by atoms with van der Waals surface area (Å²) in [6, 6.07) is 7.41. The predicted molar refractivity (Wildman–Crippen MR) is 76.6 cm³/mol. The molecule has 0 atom stereocenters. The molecule has 0 aliphatic carbocycles. The molecule has 104 valence electrons. The fourth-order valence-electron chi connectivity index (χ4n) is 1.85. The zero-order chi connectivity index (χ0) is 13.9. The summed E-state index contributed by atoms with van der Waals surface area (Å²) in [6.07, 6.45) is 6.08. The Morgan fingerprint density at radius 2 is 1.79 bits per heavy atom. The highest BCUT2D eigenvalue weighted by atomic mass is 16.5. The number of rotatable bonds is 9. The van der Waals surface area contributed by atoms with Gasteiger partial charge in [0.1, 0.15) is 0 Å². The molecule has 0 spiro atoms. The Morgan fingerprint density at radius 3 is 2.47 bits per heavy atom. The molecule has 0 amide bonds. The molecule has 0 saturated carbocycles. The molecule has 1 aromatic carbocycles. The SMILES string of the molecule is CCCCCCCOc1ccc(C#N)cc1OCC. The molecule has 0 saturated heterocycles. The first kappa shape index (κ1) is 15.4. The lowest BCUT2D eigenvalue weighted by Gasteiger charge is -2.12. The molecule has 3 heteroatoms. The van der Waals surface area contributed by atoms with Gasteiger partial charge in [0.2, 0.25) is 0 Å². The van der Waals surface area contributed by atoms with Gasteiger partial charge in [0.05, 0.1) is 24.8 Å². The number of benzene rings is 1. The Balaban J connectivity index is 2.46. The molecular weight excluding hydrogens is 238 g/mol. The maximum atomic E-state index is 8.87. The first-order valence-electron chi connectivity index (χ1n) is 7.11. The lowest BCUT2D eigenvalue weighted by molar-refractivity contribution is 0.270. The molecule has 0 N–H and O–H groups in total. The van der Waals surface area contributed by atoms with Crippen LogP contribution in [0.4, 0.5) is 0 Å². The van der Waals surface area contributed by atoms with Gasteiger partial charge in [-0.05, 0) is 25.5 Å². The van der Waals surface area contributed by atoms with Crippen LogP contribution >= 0.6 is 0 Å². The Labute approximate surface area is 116 Å². The summed E-state index contributed by atoms with van der Waals surface area (Å²) in [5.41, 5.74) is 0.596. The summed E-state index contributed by atoms with van der Waals surface area (Å²) in [7, 11) is 0. The van der Waals surface area contributed by atoms with Crippen molar-refractivity contribution >= 4 is 0 Å². The maximum Gasteiger partial charge on any atom is 0.162 e. The lowest BCUT2D eigenvalue weighted by atomic mass is 10.2. The van der Waals surface area contributed by atoms with Gasteiger partial charge in [0, 0.05) is 6.07 Å². The van der Waals surface area contributed by atoms with Crippen LogP contribution in [0.2, 0.25) is 0 Å². The van der Waals surface area contributed by atoms with Crippen LogP contribution in [-0.2, 0) is 0 Å². The number of hydrogen-bond donors (Lipinski definition) is 0. The van der Waals surface area contributed by atoms with Gasteiger partial charge in [-0.2, -0.15) is 5.26 Å². The molecule has 1 rings (SSSR count). The van der Waals surface area contributed by atoms with Crippen LogP contribution in [-0.4, -0.2) is 13.2 Å². The standard InChI is InChI=1S/C16H23NO2/c1-3-5-6-7-8-11-19-15-10-9-14(13-17)12-16(15)18-4-2/h9-10,12H,3-8,11H2,1-2H3. The summed E-state index contributed by atoms with van der Waals surface area (Å²) < 4.78 is 11.2. The maximum absolute atomic E-state index is 8.87. The zero-order valence-corrected chi connectivity index (χ0v) is 11.9. The topological polar surface area (TPSA) is 42.2 Å². The molecule has 3 nitrogen and oxygen atoms in total. The van der Waals surface area contributed by atoms with Gasteiger partial charge in [0.15, 0.2) is 11.5 Å². The monoisotopic (exact) mass is 261 g/mol. The van der Waals surface area contributed by atoms with E-state index in [0.29, 0.717) is 24.5 Å². The molecule has 0 heterocycles. The van der Waals surface area contributed by atoms with Gasteiger partial charge < -0.3 is 9.47 Å². The van der Waals surface area contributed by atoms with E-state index in [1.54, 1.807) is 12.1 Å². The fourth-order valence-corrected chi connectivity index (χ4v) is 1.85. The molecule has 19 heavy (non-hydrogen) atoms. The Bertz CT molecular complexity index is 410. The number of nitriles is 1.